The highest BCUT2D eigenvalue weighted by atomic mass is 16.5. The quantitative estimate of drug-likeness (QED) is 0.909. The van der Waals surface area contributed by atoms with Crippen LogP contribution >= 0.6 is 0 Å². The zero-order chi connectivity index (χ0) is 14.9. The van der Waals surface area contributed by atoms with E-state index < -0.39 is 0 Å². The minimum Gasteiger partial charge on any atom is -0.367 e. The summed E-state index contributed by atoms with van der Waals surface area (Å²) in [5.74, 6) is 1.35. The third-order valence-electron chi connectivity index (χ3n) is 4.94. The van der Waals surface area contributed by atoms with Crippen LogP contribution in [0.3, 0.4) is 0 Å². The normalized spacial score (nSPS) is 34.4. The molecule has 0 amide bonds. The molecular formula is C15H26N4O2. The highest BCUT2D eigenvalue weighted by Gasteiger charge is 2.43. The molecule has 2 N–H and O–H groups in total. The van der Waals surface area contributed by atoms with Crippen LogP contribution in [0.4, 0.5) is 0 Å². The number of nitrogens with two attached hydrogens (primary N) is 1. The number of rotatable bonds is 4. The molecule has 3 unspecified atom stereocenters. The molecule has 0 bridgehead atoms. The average molecular weight is 294 g/mol. The van der Waals surface area contributed by atoms with Crippen LogP contribution in [0, 0.1) is 0 Å². The number of morpholine rings is 1. The maximum atomic E-state index is 6.23. The Balaban J connectivity index is 1.72. The Kier molecular flexibility index (Phi) is 4.28. The van der Waals surface area contributed by atoms with Gasteiger partial charge < -0.3 is 15.0 Å². The van der Waals surface area contributed by atoms with Crippen molar-refractivity contribution in [1.29, 1.82) is 0 Å². The topological polar surface area (TPSA) is 77.4 Å². The first kappa shape index (κ1) is 14.9. The van der Waals surface area contributed by atoms with Crippen molar-refractivity contribution < 1.29 is 9.26 Å². The van der Waals surface area contributed by atoms with E-state index in [9.17, 15) is 0 Å². The first-order valence-corrected chi connectivity index (χ1v) is 8.07. The molecule has 118 valence electrons. The summed E-state index contributed by atoms with van der Waals surface area (Å²) < 4.78 is 11.3. The molecular weight excluding hydrogens is 268 g/mol. The van der Waals surface area contributed by atoms with Crippen molar-refractivity contribution in [3.8, 4) is 0 Å². The van der Waals surface area contributed by atoms with E-state index in [1.54, 1.807) is 0 Å². The summed E-state index contributed by atoms with van der Waals surface area (Å²) in [5.41, 5.74) is 6.05. The van der Waals surface area contributed by atoms with Gasteiger partial charge in [0, 0.05) is 19.1 Å². The van der Waals surface area contributed by atoms with Crippen LogP contribution in [0.5, 0.6) is 0 Å². The number of hydrogen-bond acceptors (Lipinski definition) is 6. The van der Waals surface area contributed by atoms with E-state index >= 15 is 0 Å². The van der Waals surface area contributed by atoms with Gasteiger partial charge >= 0.3 is 0 Å². The van der Waals surface area contributed by atoms with Gasteiger partial charge in [-0.1, -0.05) is 18.5 Å². The van der Waals surface area contributed by atoms with Gasteiger partial charge in [0.2, 0.25) is 11.7 Å². The van der Waals surface area contributed by atoms with Crippen LogP contribution < -0.4 is 5.73 Å². The van der Waals surface area contributed by atoms with E-state index in [0.717, 1.165) is 51.9 Å². The molecule has 3 atom stereocenters. The molecule has 3 rings (SSSR count). The summed E-state index contributed by atoms with van der Waals surface area (Å²) in [6.45, 7) is 7.97. The second-order valence-corrected chi connectivity index (χ2v) is 6.53. The standard InChI is InChI=1S/C15H26N4O2/c1-3-7-19-8-9-20-11(10-19)13-17-14(21-18-13)15(2)6-4-5-12(15)16/h11-12H,3-10,16H2,1-2H3. The van der Waals surface area contributed by atoms with Crippen LogP contribution in [-0.2, 0) is 10.2 Å². The highest BCUT2D eigenvalue weighted by Crippen LogP contribution is 2.39. The van der Waals surface area contributed by atoms with E-state index in [0.29, 0.717) is 11.7 Å². The molecule has 6 nitrogen and oxygen atoms in total. The molecule has 0 spiro atoms. The smallest absolute Gasteiger partial charge is 0.234 e. The van der Waals surface area contributed by atoms with E-state index in [2.05, 4.69) is 28.9 Å². The number of ether oxygens (including phenoxy) is 1. The maximum Gasteiger partial charge on any atom is 0.234 e. The predicted octanol–water partition coefficient (Wildman–Crippen LogP) is 1.62. The molecule has 1 saturated heterocycles. The minimum absolute atomic E-state index is 0.0796. The van der Waals surface area contributed by atoms with Crippen molar-refractivity contribution in [2.45, 2.75) is 57.1 Å². The molecule has 21 heavy (non-hydrogen) atoms. The minimum atomic E-state index is -0.178. The lowest BCUT2D eigenvalue weighted by molar-refractivity contribution is -0.0350. The van der Waals surface area contributed by atoms with Gasteiger partial charge in [-0.2, -0.15) is 4.98 Å². The van der Waals surface area contributed by atoms with Gasteiger partial charge in [-0.25, -0.2) is 0 Å². The Hall–Kier alpha value is -0.980. The number of nitrogens with zero attached hydrogens (tertiary/aromatic N) is 3. The Labute approximate surface area is 126 Å². The number of hydrogen-bond donors (Lipinski definition) is 1. The molecule has 2 fully saturated rings. The van der Waals surface area contributed by atoms with E-state index in [-0.39, 0.29) is 17.6 Å². The van der Waals surface area contributed by atoms with Crippen molar-refractivity contribution in [1.82, 2.24) is 15.0 Å². The van der Waals surface area contributed by atoms with E-state index in [1.165, 1.54) is 0 Å². The fourth-order valence-electron chi connectivity index (χ4n) is 3.43. The van der Waals surface area contributed by atoms with Gasteiger partial charge in [-0.3, -0.25) is 4.90 Å². The second kappa shape index (κ2) is 6.02. The van der Waals surface area contributed by atoms with Crippen molar-refractivity contribution in [3.63, 3.8) is 0 Å². The van der Waals surface area contributed by atoms with Crippen molar-refractivity contribution >= 4 is 0 Å². The van der Waals surface area contributed by atoms with Gasteiger partial charge in [0.15, 0.2) is 0 Å². The third kappa shape index (κ3) is 2.84. The second-order valence-electron chi connectivity index (χ2n) is 6.53. The molecule has 2 heterocycles. The summed E-state index contributed by atoms with van der Waals surface area (Å²) in [6, 6.07) is 0.106. The molecule has 2 aliphatic rings. The monoisotopic (exact) mass is 294 g/mol. The SMILES string of the molecule is CCCN1CCOC(c2noc(C3(C)CCCC3N)n2)C1. The molecule has 1 aliphatic carbocycles. The molecule has 1 aliphatic heterocycles. The van der Waals surface area contributed by atoms with Crippen LogP contribution in [0.25, 0.3) is 0 Å². The Morgan fingerprint density at radius 3 is 3.05 bits per heavy atom. The van der Waals surface area contributed by atoms with Gasteiger partial charge in [0.25, 0.3) is 0 Å². The lowest BCUT2D eigenvalue weighted by atomic mass is 9.85. The third-order valence-corrected chi connectivity index (χ3v) is 4.94. The summed E-state index contributed by atoms with van der Waals surface area (Å²) >= 11 is 0. The first-order chi connectivity index (χ1) is 10.1. The summed E-state index contributed by atoms with van der Waals surface area (Å²) in [5, 5.41) is 4.17. The van der Waals surface area contributed by atoms with Crippen LogP contribution in [0.1, 0.15) is 57.3 Å². The Bertz CT molecular complexity index is 476. The predicted molar refractivity (Wildman–Crippen MR) is 78.9 cm³/mol. The van der Waals surface area contributed by atoms with Crippen LogP contribution in [-0.4, -0.2) is 47.3 Å². The van der Waals surface area contributed by atoms with Crippen LogP contribution in [0.2, 0.25) is 0 Å². The fourth-order valence-corrected chi connectivity index (χ4v) is 3.43. The zero-order valence-corrected chi connectivity index (χ0v) is 13.0. The van der Waals surface area contributed by atoms with Crippen LogP contribution in [0.15, 0.2) is 4.52 Å². The summed E-state index contributed by atoms with van der Waals surface area (Å²) in [4.78, 5) is 7.02. The largest absolute Gasteiger partial charge is 0.367 e. The van der Waals surface area contributed by atoms with Gasteiger partial charge in [-0.15, -0.1) is 0 Å². The molecule has 0 aromatic carbocycles. The van der Waals surface area contributed by atoms with Gasteiger partial charge in [0.05, 0.1) is 12.0 Å². The molecule has 1 saturated carbocycles. The summed E-state index contributed by atoms with van der Waals surface area (Å²) in [7, 11) is 0. The fraction of sp³-hybridized carbons (Fsp3) is 0.867. The average Bonchev–Trinajstić information content (AvgIpc) is 3.09. The maximum absolute atomic E-state index is 6.23. The Morgan fingerprint density at radius 2 is 2.33 bits per heavy atom. The summed E-state index contributed by atoms with van der Waals surface area (Å²) in [6.07, 6.45) is 4.24. The molecule has 6 heteroatoms. The molecule has 0 radical (unpaired) electrons. The number of aromatic nitrogens is 2. The lowest BCUT2D eigenvalue weighted by Crippen LogP contribution is -2.39. The lowest BCUT2D eigenvalue weighted by Gasteiger charge is -2.31. The first-order valence-electron chi connectivity index (χ1n) is 8.07. The molecule has 1 aromatic heterocycles. The zero-order valence-electron chi connectivity index (χ0n) is 13.0. The Morgan fingerprint density at radius 1 is 1.48 bits per heavy atom. The van der Waals surface area contributed by atoms with Crippen molar-refractivity contribution in [2.24, 2.45) is 5.73 Å². The van der Waals surface area contributed by atoms with Crippen molar-refractivity contribution in [3.05, 3.63) is 11.7 Å². The van der Waals surface area contributed by atoms with Gasteiger partial charge in [0.1, 0.15) is 6.10 Å². The highest BCUT2D eigenvalue weighted by molar-refractivity contribution is 5.12. The van der Waals surface area contributed by atoms with Gasteiger partial charge in [-0.05, 0) is 32.7 Å². The van der Waals surface area contributed by atoms with E-state index in [4.69, 9.17) is 15.0 Å². The van der Waals surface area contributed by atoms with E-state index in [1.807, 2.05) is 0 Å². The molecule has 1 aromatic rings. The van der Waals surface area contributed by atoms with Crippen molar-refractivity contribution in [2.75, 3.05) is 26.2 Å².